The van der Waals surface area contributed by atoms with Crippen LogP contribution in [0.3, 0.4) is 0 Å². The zero-order valence-electron chi connectivity index (χ0n) is 16.0. The largest absolute Gasteiger partial charge is 0.466 e. The summed E-state index contributed by atoms with van der Waals surface area (Å²) in [6.07, 6.45) is 3.36. The first kappa shape index (κ1) is 23.4. The zero-order valence-corrected chi connectivity index (χ0v) is 18.3. The lowest BCUT2D eigenvalue weighted by Gasteiger charge is -2.29. The highest BCUT2D eigenvalue weighted by molar-refractivity contribution is 14.0. The van der Waals surface area contributed by atoms with Crippen molar-refractivity contribution >= 4 is 47.8 Å². The second-order valence-electron chi connectivity index (χ2n) is 6.41. The number of ether oxygens (including phenoxy) is 1. The molecule has 0 aromatic rings. The molecule has 27 heavy (non-hydrogen) atoms. The Kier molecular flexibility index (Phi) is 10.4. The second-order valence-corrected chi connectivity index (χ2v) is 6.41. The third-order valence-corrected chi connectivity index (χ3v) is 4.56. The monoisotopic (exact) mass is 495 g/mol. The summed E-state index contributed by atoms with van der Waals surface area (Å²) in [7, 11) is 0. The van der Waals surface area contributed by atoms with Crippen molar-refractivity contribution in [3.8, 4) is 0 Å². The molecular weight excluding hydrogens is 465 g/mol. The Hall–Kier alpha value is -1.59. The maximum atomic E-state index is 11.8. The molecule has 2 fully saturated rings. The lowest BCUT2D eigenvalue weighted by Crippen LogP contribution is -2.45. The fourth-order valence-electron chi connectivity index (χ4n) is 3.19. The minimum absolute atomic E-state index is 0. The predicted molar refractivity (Wildman–Crippen MR) is 112 cm³/mol. The number of hydrogen-bond donors (Lipinski definition) is 3. The van der Waals surface area contributed by atoms with Gasteiger partial charge >= 0.3 is 12.0 Å². The average Bonchev–Trinajstić information content (AvgIpc) is 2.94. The normalized spacial score (nSPS) is 22.7. The molecule has 9 nitrogen and oxygen atoms in total. The number of carbonyl (C=O) groups excluding carboxylic acids is 3. The summed E-state index contributed by atoms with van der Waals surface area (Å²) in [5.41, 5.74) is 0. The van der Waals surface area contributed by atoms with Gasteiger partial charge in [-0.2, -0.15) is 0 Å². The molecule has 1 aliphatic carbocycles. The number of urea groups is 1. The molecule has 0 atom stereocenters. The summed E-state index contributed by atoms with van der Waals surface area (Å²) in [5.74, 6) is 0.340. The van der Waals surface area contributed by atoms with E-state index in [1.807, 2.05) is 13.8 Å². The molecule has 10 heteroatoms. The van der Waals surface area contributed by atoms with E-state index in [9.17, 15) is 14.4 Å². The number of carbonyl (C=O) groups is 3. The molecule has 1 saturated carbocycles. The van der Waals surface area contributed by atoms with Crippen LogP contribution in [0, 0.1) is 5.92 Å². The molecule has 0 aromatic heterocycles. The summed E-state index contributed by atoms with van der Waals surface area (Å²) in [6, 6.07) is -0.115. The zero-order chi connectivity index (χ0) is 18.9. The van der Waals surface area contributed by atoms with Crippen LogP contribution >= 0.6 is 24.0 Å². The van der Waals surface area contributed by atoms with Gasteiger partial charge in [-0.3, -0.25) is 19.5 Å². The summed E-state index contributed by atoms with van der Waals surface area (Å²) < 4.78 is 5.10. The number of amides is 3. The summed E-state index contributed by atoms with van der Waals surface area (Å²) in [5, 5.41) is 9.04. The SMILES string of the molecule is CCNC(=NCCN1C(=O)CNC1=O)NC1CCC(C(=O)OCC)CC1.I. The van der Waals surface area contributed by atoms with Crippen molar-refractivity contribution in [3.63, 3.8) is 0 Å². The predicted octanol–water partition coefficient (Wildman–Crippen LogP) is 0.833. The van der Waals surface area contributed by atoms with E-state index in [-0.39, 0.29) is 66.9 Å². The molecule has 3 amide bonds. The number of rotatable bonds is 7. The van der Waals surface area contributed by atoms with Crippen LogP contribution in [-0.4, -0.2) is 67.6 Å². The van der Waals surface area contributed by atoms with Gasteiger partial charge in [-0.05, 0) is 39.5 Å². The maximum absolute atomic E-state index is 11.8. The lowest BCUT2D eigenvalue weighted by molar-refractivity contribution is -0.149. The van der Waals surface area contributed by atoms with Crippen LogP contribution in [0.1, 0.15) is 39.5 Å². The van der Waals surface area contributed by atoms with Crippen LogP contribution in [0.4, 0.5) is 4.79 Å². The fourth-order valence-corrected chi connectivity index (χ4v) is 3.19. The number of nitrogens with one attached hydrogen (secondary N) is 3. The molecule has 0 bridgehead atoms. The lowest BCUT2D eigenvalue weighted by atomic mass is 9.86. The topological polar surface area (TPSA) is 112 Å². The van der Waals surface area contributed by atoms with Crippen molar-refractivity contribution in [1.82, 2.24) is 20.9 Å². The minimum Gasteiger partial charge on any atom is -0.466 e. The van der Waals surface area contributed by atoms with Crippen molar-refractivity contribution in [2.45, 2.75) is 45.6 Å². The van der Waals surface area contributed by atoms with Gasteiger partial charge in [0.25, 0.3) is 0 Å². The second kappa shape index (κ2) is 12.0. The minimum atomic E-state index is -0.361. The van der Waals surface area contributed by atoms with Gasteiger partial charge in [-0.25, -0.2) is 4.79 Å². The highest BCUT2D eigenvalue weighted by Gasteiger charge is 2.29. The van der Waals surface area contributed by atoms with E-state index in [4.69, 9.17) is 4.74 Å². The third kappa shape index (κ3) is 7.15. The van der Waals surface area contributed by atoms with Gasteiger partial charge in [0.1, 0.15) is 0 Å². The highest BCUT2D eigenvalue weighted by atomic mass is 127. The smallest absolute Gasteiger partial charge is 0.324 e. The first-order valence-corrected chi connectivity index (χ1v) is 9.34. The Balaban J connectivity index is 0.00000364. The summed E-state index contributed by atoms with van der Waals surface area (Å²) in [6.45, 7) is 5.60. The average molecular weight is 495 g/mol. The number of nitrogens with zero attached hydrogens (tertiary/aromatic N) is 2. The number of guanidine groups is 1. The Bertz CT molecular complexity index is 533. The molecule has 1 saturated heterocycles. The molecule has 1 heterocycles. The van der Waals surface area contributed by atoms with Gasteiger partial charge in [-0.1, -0.05) is 0 Å². The Morgan fingerprint density at radius 2 is 1.96 bits per heavy atom. The quantitative estimate of drug-likeness (QED) is 0.159. The van der Waals surface area contributed by atoms with E-state index < -0.39 is 0 Å². The van der Waals surface area contributed by atoms with Crippen molar-refractivity contribution < 1.29 is 19.1 Å². The number of hydrogen-bond acceptors (Lipinski definition) is 5. The van der Waals surface area contributed by atoms with Gasteiger partial charge in [0.15, 0.2) is 5.96 Å². The Morgan fingerprint density at radius 3 is 2.52 bits per heavy atom. The van der Waals surface area contributed by atoms with Gasteiger partial charge < -0.3 is 20.7 Å². The molecule has 0 unspecified atom stereocenters. The van der Waals surface area contributed by atoms with Crippen LogP contribution in [0.15, 0.2) is 4.99 Å². The number of halogens is 1. The maximum Gasteiger partial charge on any atom is 0.324 e. The molecular formula is C17H30IN5O4. The Labute approximate surface area is 177 Å². The van der Waals surface area contributed by atoms with Crippen molar-refractivity contribution in [1.29, 1.82) is 0 Å². The first-order chi connectivity index (χ1) is 12.5. The molecule has 2 rings (SSSR count). The molecule has 0 spiro atoms. The van der Waals surface area contributed by atoms with Crippen LogP contribution in [0.2, 0.25) is 0 Å². The summed E-state index contributed by atoms with van der Waals surface area (Å²) >= 11 is 0. The molecule has 0 radical (unpaired) electrons. The van der Waals surface area contributed by atoms with Crippen LogP contribution in [-0.2, 0) is 14.3 Å². The van der Waals surface area contributed by atoms with E-state index >= 15 is 0 Å². The van der Waals surface area contributed by atoms with Crippen molar-refractivity contribution in [2.75, 3.05) is 32.8 Å². The van der Waals surface area contributed by atoms with E-state index in [0.717, 1.165) is 25.7 Å². The van der Waals surface area contributed by atoms with Crippen LogP contribution < -0.4 is 16.0 Å². The van der Waals surface area contributed by atoms with Crippen molar-refractivity contribution in [3.05, 3.63) is 0 Å². The van der Waals surface area contributed by atoms with E-state index in [1.54, 1.807) is 0 Å². The molecule has 2 aliphatic rings. The molecule has 154 valence electrons. The third-order valence-electron chi connectivity index (χ3n) is 4.56. The summed E-state index contributed by atoms with van der Waals surface area (Å²) in [4.78, 5) is 40.5. The first-order valence-electron chi connectivity index (χ1n) is 9.34. The van der Waals surface area contributed by atoms with Gasteiger partial charge in [0, 0.05) is 12.6 Å². The van der Waals surface area contributed by atoms with E-state index in [0.29, 0.717) is 25.7 Å². The standard InChI is InChI=1S/C17H29N5O4.HI/c1-3-18-16(19-9-10-22-14(23)11-20-17(22)25)21-13-7-5-12(6-8-13)15(24)26-4-2;/h12-13H,3-11H2,1-2H3,(H,20,25)(H2,18,19,21);1H. The highest BCUT2D eigenvalue weighted by Crippen LogP contribution is 2.25. The van der Waals surface area contributed by atoms with E-state index in [1.165, 1.54) is 4.90 Å². The molecule has 1 aliphatic heterocycles. The Morgan fingerprint density at radius 1 is 1.26 bits per heavy atom. The van der Waals surface area contributed by atoms with Crippen LogP contribution in [0.5, 0.6) is 0 Å². The number of imide groups is 1. The number of aliphatic imine (C=N–C) groups is 1. The van der Waals surface area contributed by atoms with Gasteiger partial charge in [-0.15, -0.1) is 24.0 Å². The van der Waals surface area contributed by atoms with E-state index in [2.05, 4.69) is 20.9 Å². The fraction of sp³-hybridized carbons (Fsp3) is 0.765. The molecule has 3 N–H and O–H groups in total. The van der Waals surface area contributed by atoms with Crippen LogP contribution in [0.25, 0.3) is 0 Å². The molecule has 0 aromatic carbocycles. The van der Waals surface area contributed by atoms with Gasteiger partial charge in [0.2, 0.25) is 5.91 Å². The van der Waals surface area contributed by atoms with Crippen molar-refractivity contribution in [2.24, 2.45) is 10.9 Å². The van der Waals surface area contributed by atoms with Gasteiger partial charge in [0.05, 0.1) is 32.2 Å². The number of esters is 1.